The van der Waals surface area contributed by atoms with Gasteiger partial charge in [0.2, 0.25) is 0 Å². The fourth-order valence-corrected chi connectivity index (χ4v) is 3.11. The molecular formula is C21H18ClNO2. The third-order valence-corrected chi connectivity index (χ3v) is 4.16. The predicted octanol–water partition coefficient (Wildman–Crippen LogP) is 5.63. The second-order valence-electron chi connectivity index (χ2n) is 5.92. The van der Waals surface area contributed by atoms with Crippen LogP contribution in [0.15, 0.2) is 66.7 Å². The molecule has 0 amide bonds. The summed E-state index contributed by atoms with van der Waals surface area (Å²) < 4.78 is 0. The van der Waals surface area contributed by atoms with Crippen molar-refractivity contribution in [2.75, 3.05) is 5.32 Å². The fourth-order valence-electron chi connectivity index (χ4n) is 2.80. The summed E-state index contributed by atoms with van der Waals surface area (Å²) in [5, 5.41) is 13.4. The lowest BCUT2D eigenvalue weighted by molar-refractivity contribution is 0.0698. The first-order chi connectivity index (χ1) is 12.0. The molecule has 0 saturated carbocycles. The number of benzene rings is 3. The van der Waals surface area contributed by atoms with E-state index in [1.165, 1.54) is 0 Å². The third kappa shape index (κ3) is 4.20. The molecule has 0 aliphatic rings. The predicted molar refractivity (Wildman–Crippen MR) is 102 cm³/mol. The van der Waals surface area contributed by atoms with Crippen molar-refractivity contribution >= 4 is 23.3 Å². The highest BCUT2D eigenvalue weighted by Gasteiger charge is 2.11. The van der Waals surface area contributed by atoms with Gasteiger partial charge in [0.05, 0.1) is 5.56 Å². The minimum atomic E-state index is -0.954. The standard InChI is InChI=1S/C21H18ClNO2/c1-14-9-15(11-18(22)10-14)13-23-20-12-17(7-8-19(20)21(24)25)16-5-3-2-4-6-16/h2-12,23H,13H2,1H3,(H,24,25). The highest BCUT2D eigenvalue weighted by atomic mass is 35.5. The van der Waals surface area contributed by atoms with E-state index in [1.54, 1.807) is 6.07 Å². The summed E-state index contributed by atoms with van der Waals surface area (Å²) in [4.78, 5) is 11.5. The van der Waals surface area contributed by atoms with E-state index in [0.29, 0.717) is 17.3 Å². The quantitative estimate of drug-likeness (QED) is 0.626. The minimum Gasteiger partial charge on any atom is -0.478 e. The second kappa shape index (κ2) is 7.41. The molecule has 0 heterocycles. The number of carbonyl (C=O) groups is 1. The van der Waals surface area contributed by atoms with Gasteiger partial charge >= 0.3 is 5.97 Å². The zero-order valence-electron chi connectivity index (χ0n) is 13.8. The van der Waals surface area contributed by atoms with Crippen LogP contribution in [-0.2, 0) is 6.54 Å². The summed E-state index contributed by atoms with van der Waals surface area (Å²) in [5.74, 6) is -0.954. The molecule has 3 aromatic carbocycles. The maximum atomic E-state index is 11.5. The molecule has 0 aliphatic carbocycles. The van der Waals surface area contributed by atoms with E-state index < -0.39 is 5.97 Å². The summed E-state index contributed by atoms with van der Waals surface area (Å²) in [5.41, 5.74) is 4.92. The summed E-state index contributed by atoms with van der Waals surface area (Å²) in [6.45, 7) is 2.48. The molecule has 25 heavy (non-hydrogen) atoms. The van der Waals surface area contributed by atoms with Gasteiger partial charge in [-0.05, 0) is 53.4 Å². The largest absolute Gasteiger partial charge is 0.478 e. The normalized spacial score (nSPS) is 10.5. The Balaban J connectivity index is 1.91. The molecule has 3 aromatic rings. The number of nitrogens with one attached hydrogen (secondary N) is 1. The van der Waals surface area contributed by atoms with Crippen LogP contribution in [0, 0.1) is 6.92 Å². The van der Waals surface area contributed by atoms with Gasteiger partial charge in [-0.3, -0.25) is 0 Å². The molecule has 0 spiro atoms. The fraction of sp³-hybridized carbons (Fsp3) is 0.0952. The first kappa shape index (κ1) is 17.1. The molecule has 3 nitrogen and oxygen atoms in total. The highest BCUT2D eigenvalue weighted by molar-refractivity contribution is 6.30. The van der Waals surface area contributed by atoms with Crippen molar-refractivity contribution < 1.29 is 9.90 Å². The first-order valence-corrected chi connectivity index (χ1v) is 8.33. The van der Waals surface area contributed by atoms with Gasteiger partial charge in [-0.1, -0.05) is 54.1 Å². The summed E-state index contributed by atoms with van der Waals surface area (Å²) >= 11 is 6.10. The van der Waals surface area contributed by atoms with E-state index in [1.807, 2.05) is 67.6 Å². The van der Waals surface area contributed by atoms with Crippen LogP contribution in [0.4, 0.5) is 5.69 Å². The Labute approximate surface area is 151 Å². The Kier molecular flexibility index (Phi) is 5.05. The number of carboxylic acids is 1. The van der Waals surface area contributed by atoms with Crippen LogP contribution in [0.1, 0.15) is 21.5 Å². The van der Waals surface area contributed by atoms with Crippen molar-refractivity contribution in [3.05, 3.63) is 88.4 Å². The third-order valence-electron chi connectivity index (χ3n) is 3.94. The Morgan fingerprint density at radius 3 is 2.44 bits per heavy atom. The van der Waals surface area contributed by atoms with E-state index >= 15 is 0 Å². The summed E-state index contributed by atoms with van der Waals surface area (Å²) in [6, 6.07) is 21.0. The van der Waals surface area contributed by atoms with Crippen LogP contribution in [0.5, 0.6) is 0 Å². The van der Waals surface area contributed by atoms with Crippen molar-refractivity contribution in [1.29, 1.82) is 0 Å². The number of rotatable bonds is 5. The minimum absolute atomic E-state index is 0.249. The van der Waals surface area contributed by atoms with Crippen molar-refractivity contribution in [2.45, 2.75) is 13.5 Å². The average molecular weight is 352 g/mol. The SMILES string of the molecule is Cc1cc(Cl)cc(CNc2cc(-c3ccccc3)ccc2C(=O)O)c1. The van der Waals surface area contributed by atoms with E-state index in [2.05, 4.69) is 5.32 Å². The van der Waals surface area contributed by atoms with Gasteiger partial charge in [0.25, 0.3) is 0 Å². The van der Waals surface area contributed by atoms with Crippen LogP contribution in [-0.4, -0.2) is 11.1 Å². The molecule has 0 atom stereocenters. The smallest absolute Gasteiger partial charge is 0.337 e. The molecule has 0 fully saturated rings. The van der Waals surface area contributed by atoms with Gasteiger partial charge < -0.3 is 10.4 Å². The number of hydrogen-bond donors (Lipinski definition) is 2. The molecule has 0 radical (unpaired) electrons. The molecule has 0 aliphatic heterocycles. The van der Waals surface area contributed by atoms with Crippen LogP contribution >= 0.6 is 11.6 Å². The molecule has 0 saturated heterocycles. The van der Waals surface area contributed by atoms with Crippen LogP contribution in [0.2, 0.25) is 5.02 Å². The average Bonchev–Trinajstić information content (AvgIpc) is 2.59. The lowest BCUT2D eigenvalue weighted by Gasteiger charge is -2.13. The Morgan fingerprint density at radius 2 is 1.76 bits per heavy atom. The molecule has 3 rings (SSSR count). The maximum Gasteiger partial charge on any atom is 0.337 e. The molecule has 0 aromatic heterocycles. The van der Waals surface area contributed by atoms with Crippen molar-refractivity contribution in [3.63, 3.8) is 0 Å². The summed E-state index contributed by atoms with van der Waals surface area (Å²) in [7, 11) is 0. The summed E-state index contributed by atoms with van der Waals surface area (Å²) in [6.07, 6.45) is 0. The van der Waals surface area contributed by atoms with Crippen LogP contribution < -0.4 is 5.32 Å². The maximum absolute atomic E-state index is 11.5. The molecule has 2 N–H and O–H groups in total. The lowest BCUT2D eigenvalue weighted by atomic mass is 10.0. The molecule has 4 heteroatoms. The zero-order chi connectivity index (χ0) is 17.8. The highest BCUT2D eigenvalue weighted by Crippen LogP contribution is 2.26. The van der Waals surface area contributed by atoms with E-state index in [9.17, 15) is 9.90 Å². The number of carboxylic acid groups (broad SMARTS) is 1. The Hall–Kier alpha value is -2.78. The lowest BCUT2D eigenvalue weighted by Crippen LogP contribution is -2.07. The van der Waals surface area contributed by atoms with Gasteiger partial charge in [-0.2, -0.15) is 0 Å². The monoisotopic (exact) mass is 351 g/mol. The van der Waals surface area contributed by atoms with E-state index in [0.717, 1.165) is 22.3 Å². The van der Waals surface area contributed by atoms with Crippen LogP contribution in [0.3, 0.4) is 0 Å². The number of hydrogen-bond acceptors (Lipinski definition) is 2. The van der Waals surface area contributed by atoms with Gasteiger partial charge in [0.15, 0.2) is 0 Å². The van der Waals surface area contributed by atoms with Crippen LogP contribution in [0.25, 0.3) is 11.1 Å². The number of anilines is 1. The number of aryl methyl sites for hydroxylation is 1. The van der Waals surface area contributed by atoms with E-state index in [4.69, 9.17) is 11.6 Å². The van der Waals surface area contributed by atoms with Gasteiger partial charge in [-0.25, -0.2) is 4.79 Å². The number of aromatic carboxylic acids is 1. The van der Waals surface area contributed by atoms with E-state index in [-0.39, 0.29) is 5.56 Å². The number of halogens is 1. The van der Waals surface area contributed by atoms with Gasteiger partial charge in [0.1, 0.15) is 0 Å². The molecule has 0 bridgehead atoms. The first-order valence-electron chi connectivity index (χ1n) is 7.95. The van der Waals surface area contributed by atoms with Crippen molar-refractivity contribution in [3.8, 4) is 11.1 Å². The zero-order valence-corrected chi connectivity index (χ0v) is 14.5. The molecular weight excluding hydrogens is 334 g/mol. The van der Waals surface area contributed by atoms with Gasteiger partial charge in [-0.15, -0.1) is 0 Å². The van der Waals surface area contributed by atoms with Crippen molar-refractivity contribution in [1.82, 2.24) is 0 Å². The second-order valence-corrected chi connectivity index (χ2v) is 6.36. The topological polar surface area (TPSA) is 49.3 Å². The Bertz CT molecular complexity index is 887. The Morgan fingerprint density at radius 1 is 1.00 bits per heavy atom. The van der Waals surface area contributed by atoms with Crippen molar-refractivity contribution in [2.24, 2.45) is 0 Å². The molecule has 126 valence electrons. The molecule has 0 unspecified atom stereocenters. The van der Waals surface area contributed by atoms with Gasteiger partial charge in [0, 0.05) is 17.3 Å².